The topological polar surface area (TPSA) is 69.6 Å². The number of nitrogens with one attached hydrogen (secondary N) is 1. The smallest absolute Gasteiger partial charge is 0.307 e. The van der Waals surface area contributed by atoms with E-state index >= 15 is 0 Å². The predicted molar refractivity (Wildman–Crippen MR) is 73.4 cm³/mol. The van der Waals surface area contributed by atoms with Gasteiger partial charge in [0.15, 0.2) is 0 Å². The molecule has 0 radical (unpaired) electrons. The first-order valence-corrected chi connectivity index (χ1v) is 6.22. The van der Waals surface area contributed by atoms with Crippen molar-refractivity contribution in [3.8, 4) is 0 Å². The van der Waals surface area contributed by atoms with Crippen molar-refractivity contribution in [3.05, 3.63) is 23.8 Å². The van der Waals surface area contributed by atoms with Crippen molar-refractivity contribution in [3.63, 3.8) is 0 Å². The lowest BCUT2D eigenvalue weighted by Crippen LogP contribution is -2.17. The molecule has 0 spiro atoms. The number of benzene rings is 1. The summed E-state index contributed by atoms with van der Waals surface area (Å²) in [4.78, 5) is 24.6. The van der Waals surface area contributed by atoms with Gasteiger partial charge in [0.25, 0.3) is 0 Å². The van der Waals surface area contributed by atoms with Crippen molar-refractivity contribution >= 4 is 23.3 Å². The fraction of sp³-hybridized carbons (Fsp3) is 0.429. The Labute approximate surface area is 112 Å². The van der Waals surface area contributed by atoms with Crippen LogP contribution in [0.3, 0.4) is 0 Å². The number of carbonyl (C=O) groups is 2. The molecule has 2 rings (SSSR count). The molecule has 0 heterocycles. The van der Waals surface area contributed by atoms with Crippen molar-refractivity contribution in [2.75, 3.05) is 24.3 Å². The van der Waals surface area contributed by atoms with Gasteiger partial charge in [-0.05, 0) is 37.1 Å². The quantitative estimate of drug-likeness (QED) is 0.867. The van der Waals surface area contributed by atoms with Crippen molar-refractivity contribution in [1.82, 2.24) is 0 Å². The van der Waals surface area contributed by atoms with Crippen molar-refractivity contribution in [2.45, 2.75) is 13.3 Å². The van der Waals surface area contributed by atoms with E-state index < -0.39 is 11.9 Å². The number of carboxylic acid groups (broad SMARTS) is 1. The maximum Gasteiger partial charge on any atom is 0.307 e. The normalized spacial score (nSPS) is 20.8. The van der Waals surface area contributed by atoms with Crippen molar-refractivity contribution in [1.29, 1.82) is 0 Å². The molecule has 2 N–H and O–H groups in total. The summed E-state index contributed by atoms with van der Waals surface area (Å²) in [6.45, 7) is 1.92. The van der Waals surface area contributed by atoms with Crippen LogP contribution < -0.4 is 10.2 Å². The molecule has 19 heavy (non-hydrogen) atoms. The third kappa shape index (κ3) is 2.86. The zero-order valence-electron chi connectivity index (χ0n) is 11.3. The first-order valence-electron chi connectivity index (χ1n) is 6.22. The van der Waals surface area contributed by atoms with Crippen LogP contribution in [-0.4, -0.2) is 31.1 Å². The lowest BCUT2D eigenvalue weighted by Gasteiger charge is -2.15. The Morgan fingerprint density at radius 3 is 2.47 bits per heavy atom. The number of anilines is 2. The van der Waals surface area contributed by atoms with Gasteiger partial charge in [-0.25, -0.2) is 0 Å². The fourth-order valence-electron chi connectivity index (χ4n) is 2.05. The molecule has 2 atom stereocenters. The summed E-state index contributed by atoms with van der Waals surface area (Å²) in [7, 11) is 3.91. The van der Waals surface area contributed by atoms with E-state index in [0.717, 1.165) is 16.9 Å². The molecule has 0 unspecified atom stereocenters. The molecular formula is C14H18N2O3. The third-order valence-corrected chi connectivity index (χ3v) is 3.43. The van der Waals surface area contributed by atoms with Gasteiger partial charge in [0.1, 0.15) is 0 Å². The second kappa shape index (κ2) is 4.91. The van der Waals surface area contributed by atoms with E-state index in [4.69, 9.17) is 5.11 Å². The van der Waals surface area contributed by atoms with Gasteiger partial charge in [-0.3, -0.25) is 9.59 Å². The number of aryl methyl sites for hydroxylation is 1. The Balaban J connectivity index is 2.04. The van der Waals surface area contributed by atoms with Crippen LogP contribution in [0.4, 0.5) is 11.4 Å². The van der Waals surface area contributed by atoms with Crippen LogP contribution in [0.15, 0.2) is 18.2 Å². The minimum Gasteiger partial charge on any atom is -0.481 e. The number of hydrogen-bond acceptors (Lipinski definition) is 3. The molecule has 1 amide bonds. The predicted octanol–water partition coefficient (Wildman–Crippen LogP) is 1.72. The summed E-state index contributed by atoms with van der Waals surface area (Å²) in [5, 5.41) is 11.6. The van der Waals surface area contributed by atoms with Gasteiger partial charge < -0.3 is 15.3 Å². The monoisotopic (exact) mass is 262 g/mol. The second-order valence-electron chi connectivity index (χ2n) is 5.17. The summed E-state index contributed by atoms with van der Waals surface area (Å²) in [5.41, 5.74) is 2.77. The molecule has 1 aromatic rings. The van der Waals surface area contributed by atoms with Crippen LogP contribution in [0.5, 0.6) is 0 Å². The maximum atomic E-state index is 11.9. The molecule has 1 aliphatic rings. The van der Waals surface area contributed by atoms with E-state index in [0.29, 0.717) is 6.42 Å². The summed E-state index contributed by atoms with van der Waals surface area (Å²) in [5.74, 6) is -1.99. The second-order valence-corrected chi connectivity index (χ2v) is 5.17. The van der Waals surface area contributed by atoms with Gasteiger partial charge >= 0.3 is 5.97 Å². The van der Waals surface area contributed by atoms with Gasteiger partial charge in [0.05, 0.1) is 11.8 Å². The van der Waals surface area contributed by atoms with Crippen LogP contribution in [0.2, 0.25) is 0 Å². The molecule has 1 aromatic carbocycles. The summed E-state index contributed by atoms with van der Waals surface area (Å²) in [6, 6.07) is 5.75. The number of carboxylic acids is 1. The Kier molecular flexibility index (Phi) is 3.46. The Morgan fingerprint density at radius 1 is 1.32 bits per heavy atom. The van der Waals surface area contributed by atoms with Gasteiger partial charge in [-0.1, -0.05) is 0 Å². The highest BCUT2D eigenvalue weighted by Gasteiger charge is 2.48. The highest BCUT2D eigenvalue weighted by atomic mass is 16.4. The maximum absolute atomic E-state index is 11.9. The van der Waals surface area contributed by atoms with Crippen LogP contribution in [0.1, 0.15) is 12.0 Å². The van der Waals surface area contributed by atoms with Crippen LogP contribution >= 0.6 is 0 Å². The average Bonchev–Trinajstić information content (AvgIpc) is 3.11. The largest absolute Gasteiger partial charge is 0.481 e. The number of aliphatic carboxylic acids is 1. The van der Waals surface area contributed by atoms with E-state index in [1.165, 1.54) is 0 Å². The lowest BCUT2D eigenvalue weighted by atomic mass is 10.1. The lowest BCUT2D eigenvalue weighted by molar-refractivity contribution is -0.139. The highest BCUT2D eigenvalue weighted by molar-refractivity contribution is 5.98. The number of hydrogen-bond donors (Lipinski definition) is 2. The standard InChI is InChI=1S/C14H18N2O3/c1-8-6-9(16(2)3)4-5-12(8)15-13(17)10-7-11(10)14(18)19/h4-6,10-11H,7H2,1-3H3,(H,15,17)(H,18,19)/t10-,11+/m1/s1. The van der Waals surface area contributed by atoms with Gasteiger partial charge in [0, 0.05) is 25.5 Å². The van der Waals surface area contributed by atoms with Gasteiger partial charge in [-0.15, -0.1) is 0 Å². The van der Waals surface area contributed by atoms with E-state index in [-0.39, 0.29) is 11.8 Å². The molecule has 102 valence electrons. The van der Waals surface area contributed by atoms with Gasteiger partial charge in [0.2, 0.25) is 5.91 Å². The molecule has 5 heteroatoms. The Bertz CT molecular complexity index is 525. The molecule has 0 aliphatic heterocycles. The molecule has 0 aromatic heterocycles. The molecule has 0 bridgehead atoms. The number of amides is 1. The third-order valence-electron chi connectivity index (χ3n) is 3.43. The molecule has 1 saturated carbocycles. The van der Waals surface area contributed by atoms with Crippen LogP contribution in [0, 0.1) is 18.8 Å². The minimum atomic E-state index is -0.889. The Morgan fingerprint density at radius 2 is 2.00 bits per heavy atom. The fourth-order valence-corrected chi connectivity index (χ4v) is 2.05. The van der Waals surface area contributed by atoms with E-state index in [9.17, 15) is 9.59 Å². The number of carbonyl (C=O) groups excluding carboxylic acids is 1. The van der Waals surface area contributed by atoms with Crippen LogP contribution in [0.25, 0.3) is 0 Å². The molecule has 5 nitrogen and oxygen atoms in total. The zero-order chi connectivity index (χ0) is 14.2. The number of nitrogens with zero attached hydrogens (tertiary/aromatic N) is 1. The zero-order valence-corrected chi connectivity index (χ0v) is 11.3. The van der Waals surface area contributed by atoms with Crippen molar-refractivity contribution in [2.24, 2.45) is 11.8 Å². The molecule has 1 aliphatic carbocycles. The highest BCUT2D eigenvalue weighted by Crippen LogP contribution is 2.39. The Hall–Kier alpha value is -2.04. The summed E-state index contributed by atoms with van der Waals surface area (Å²) >= 11 is 0. The van der Waals surface area contributed by atoms with Crippen LogP contribution in [-0.2, 0) is 9.59 Å². The summed E-state index contributed by atoms with van der Waals surface area (Å²) in [6.07, 6.45) is 0.440. The molecule has 1 fully saturated rings. The molecule has 0 saturated heterocycles. The van der Waals surface area contributed by atoms with Crippen molar-refractivity contribution < 1.29 is 14.7 Å². The first-order chi connectivity index (χ1) is 8.90. The average molecular weight is 262 g/mol. The van der Waals surface area contributed by atoms with E-state index in [1.807, 2.05) is 44.1 Å². The number of rotatable bonds is 4. The molecular weight excluding hydrogens is 244 g/mol. The van der Waals surface area contributed by atoms with E-state index in [2.05, 4.69) is 5.32 Å². The summed E-state index contributed by atoms with van der Waals surface area (Å²) < 4.78 is 0. The SMILES string of the molecule is Cc1cc(N(C)C)ccc1NC(=O)[C@@H]1C[C@@H]1C(=O)O. The van der Waals surface area contributed by atoms with Gasteiger partial charge in [-0.2, -0.15) is 0 Å². The minimum absolute atomic E-state index is 0.201. The van der Waals surface area contributed by atoms with E-state index in [1.54, 1.807) is 0 Å². The first kappa shape index (κ1) is 13.4.